The molecule has 1 fully saturated rings. The third kappa shape index (κ3) is 5.68. The topological polar surface area (TPSA) is 148 Å². The first-order chi connectivity index (χ1) is 21.0. The summed E-state index contributed by atoms with van der Waals surface area (Å²) in [5.41, 5.74) is 2.92. The van der Waals surface area contributed by atoms with Gasteiger partial charge in [0.05, 0.1) is 36.8 Å². The van der Waals surface area contributed by atoms with Crippen molar-refractivity contribution in [3.63, 3.8) is 0 Å². The molecule has 1 aliphatic heterocycles. The van der Waals surface area contributed by atoms with Gasteiger partial charge in [0.25, 0.3) is 17.4 Å². The highest BCUT2D eigenvalue weighted by atomic mass is 16.5. The molecular weight excluding hydrogens is 550 g/mol. The van der Waals surface area contributed by atoms with Crippen LogP contribution >= 0.6 is 0 Å². The monoisotopic (exact) mass is 585 g/mol. The van der Waals surface area contributed by atoms with Gasteiger partial charge in [0, 0.05) is 37.6 Å². The number of anilines is 4. The zero-order valence-corrected chi connectivity index (χ0v) is 24.4. The Kier molecular flexibility index (Phi) is 8.07. The Labute approximate surface area is 248 Å². The molecule has 4 heterocycles. The van der Waals surface area contributed by atoms with Crippen LogP contribution < -0.4 is 21.1 Å². The number of rotatable bonds is 10. The number of nitrogens with zero attached hydrogens (tertiary/aromatic N) is 7. The number of hydrogen-bond donors (Lipinski definition) is 3. The van der Waals surface area contributed by atoms with Crippen LogP contribution in [0.4, 0.5) is 23.4 Å². The highest BCUT2D eigenvalue weighted by Crippen LogP contribution is 2.31. The molecule has 2 aromatic carbocycles. The molecule has 3 N–H and O–H groups in total. The first-order valence-electron chi connectivity index (χ1n) is 14.4. The average Bonchev–Trinajstić information content (AvgIpc) is 3.63. The summed E-state index contributed by atoms with van der Waals surface area (Å²) in [5, 5.41) is 21.7. The quantitative estimate of drug-likeness (QED) is 0.219. The molecular formula is C30H35N9O4. The van der Waals surface area contributed by atoms with Crippen LogP contribution in [0.1, 0.15) is 38.4 Å². The summed E-state index contributed by atoms with van der Waals surface area (Å²) in [7, 11) is 0. The van der Waals surface area contributed by atoms with Crippen LogP contribution in [0.3, 0.4) is 0 Å². The van der Waals surface area contributed by atoms with Crippen molar-refractivity contribution in [2.75, 3.05) is 48.4 Å². The minimum absolute atomic E-state index is 0.0168. The van der Waals surface area contributed by atoms with Crippen LogP contribution in [0.2, 0.25) is 0 Å². The van der Waals surface area contributed by atoms with E-state index in [1.165, 1.54) is 0 Å². The Balaban J connectivity index is 1.36. The van der Waals surface area contributed by atoms with E-state index in [4.69, 9.17) is 14.2 Å². The molecule has 5 aromatic rings. The molecule has 0 unspecified atom stereocenters. The SMILES string of the molecule is CCn1c(=O)c2ccc(Nc3ncc(-c4nc(N5CCOCC5)no4)c(N[C@H](CO)c4ccccc4)n3)cc2n1C(C)C. The minimum atomic E-state index is -0.449. The molecule has 13 nitrogen and oxygen atoms in total. The maximum atomic E-state index is 13.0. The van der Waals surface area contributed by atoms with Gasteiger partial charge in [-0.25, -0.2) is 9.67 Å². The van der Waals surface area contributed by atoms with Gasteiger partial charge in [-0.1, -0.05) is 30.3 Å². The molecule has 0 saturated carbocycles. The van der Waals surface area contributed by atoms with Crippen LogP contribution in [-0.2, 0) is 11.3 Å². The van der Waals surface area contributed by atoms with Crippen molar-refractivity contribution in [2.24, 2.45) is 0 Å². The Hall–Kier alpha value is -4.75. The van der Waals surface area contributed by atoms with Crippen molar-refractivity contribution >= 4 is 34.3 Å². The summed E-state index contributed by atoms with van der Waals surface area (Å²) in [6.45, 7) is 9.00. The van der Waals surface area contributed by atoms with Gasteiger partial charge in [0.2, 0.25) is 5.95 Å². The maximum Gasteiger partial charge on any atom is 0.274 e. The van der Waals surface area contributed by atoms with Crippen molar-refractivity contribution in [1.29, 1.82) is 0 Å². The maximum absolute atomic E-state index is 13.0. The molecule has 43 heavy (non-hydrogen) atoms. The molecule has 3 aromatic heterocycles. The van der Waals surface area contributed by atoms with E-state index >= 15 is 0 Å². The minimum Gasteiger partial charge on any atom is -0.394 e. The summed E-state index contributed by atoms with van der Waals surface area (Å²) in [5.74, 6) is 1.45. The predicted octanol–water partition coefficient (Wildman–Crippen LogP) is 3.97. The zero-order chi connectivity index (χ0) is 29.9. The lowest BCUT2D eigenvalue weighted by Crippen LogP contribution is -2.36. The summed E-state index contributed by atoms with van der Waals surface area (Å²) < 4.78 is 14.8. The first kappa shape index (κ1) is 28.4. The van der Waals surface area contributed by atoms with Crippen LogP contribution in [0.15, 0.2) is 64.0 Å². The number of benzene rings is 2. The molecule has 6 rings (SSSR count). The van der Waals surface area contributed by atoms with E-state index in [0.29, 0.717) is 61.5 Å². The van der Waals surface area contributed by atoms with Crippen molar-refractivity contribution in [2.45, 2.75) is 39.4 Å². The number of aliphatic hydroxyl groups is 1. The van der Waals surface area contributed by atoms with E-state index in [-0.39, 0.29) is 24.1 Å². The lowest BCUT2D eigenvalue weighted by molar-refractivity contribution is 0.121. The van der Waals surface area contributed by atoms with E-state index in [9.17, 15) is 9.90 Å². The smallest absolute Gasteiger partial charge is 0.274 e. The highest BCUT2D eigenvalue weighted by molar-refractivity contribution is 5.83. The van der Waals surface area contributed by atoms with E-state index in [1.54, 1.807) is 10.9 Å². The van der Waals surface area contributed by atoms with E-state index < -0.39 is 6.04 Å². The standard InChI is InChI=1S/C30H35N9O4/c1-4-38-28(41)22-11-10-21(16-25(22)39(38)19(2)3)32-29-31-17-23(27-35-30(36-43-27)37-12-14-42-15-13-37)26(34-29)33-24(18-40)20-8-6-5-7-9-20/h5-11,16-17,19,24,40H,4,12-15,18H2,1-3H3,(H2,31,32,33,34)/t24-/m1/s1. The largest absolute Gasteiger partial charge is 0.394 e. The fraction of sp³-hybridized carbons (Fsp3) is 0.367. The lowest BCUT2D eigenvalue weighted by Gasteiger charge is -2.24. The normalized spacial score (nSPS) is 14.4. The van der Waals surface area contributed by atoms with E-state index in [1.807, 2.05) is 65.0 Å². The number of hydrogen-bond acceptors (Lipinski definition) is 11. The summed E-state index contributed by atoms with van der Waals surface area (Å²) in [6, 6.07) is 14.9. The molecule has 224 valence electrons. The summed E-state index contributed by atoms with van der Waals surface area (Å²) in [4.78, 5) is 28.9. The third-order valence-electron chi connectivity index (χ3n) is 7.44. The summed E-state index contributed by atoms with van der Waals surface area (Å²) >= 11 is 0. The number of nitrogens with one attached hydrogen (secondary N) is 2. The van der Waals surface area contributed by atoms with Crippen molar-refractivity contribution in [3.8, 4) is 11.5 Å². The Morgan fingerprint density at radius 1 is 1.07 bits per heavy atom. The Bertz CT molecular complexity index is 1760. The molecule has 1 saturated heterocycles. The third-order valence-corrected chi connectivity index (χ3v) is 7.44. The van der Waals surface area contributed by atoms with Gasteiger partial charge in [-0.05, 0) is 49.7 Å². The lowest BCUT2D eigenvalue weighted by atomic mass is 10.1. The van der Waals surface area contributed by atoms with Gasteiger partial charge in [0.15, 0.2) is 0 Å². The van der Waals surface area contributed by atoms with Gasteiger partial charge in [0.1, 0.15) is 11.4 Å². The van der Waals surface area contributed by atoms with Crippen LogP contribution in [-0.4, -0.2) is 67.5 Å². The Morgan fingerprint density at radius 3 is 2.58 bits per heavy atom. The molecule has 0 spiro atoms. The molecule has 0 amide bonds. The second-order valence-electron chi connectivity index (χ2n) is 10.6. The average molecular weight is 586 g/mol. The number of ether oxygens (including phenoxy) is 1. The molecule has 0 aliphatic carbocycles. The van der Waals surface area contributed by atoms with Gasteiger partial charge >= 0.3 is 0 Å². The number of aromatic nitrogens is 6. The van der Waals surface area contributed by atoms with Crippen molar-refractivity contribution in [1.82, 2.24) is 29.5 Å². The highest BCUT2D eigenvalue weighted by Gasteiger charge is 2.23. The molecule has 1 aliphatic rings. The zero-order valence-electron chi connectivity index (χ0n) is 24.4. The predicted molar refractivity (Wildman–Crippen MR) is 164 cm³/mol. The van der Waals surface area contributed by atoms with Gasteiger partial charge < -0.3 is 29.9 Å². The second kappa shape index (κ2) is 12.2. The van der Waals surface area contributed by atoms with Gasteiger partial charge in [-0.3, -0.25) is 9.48 Å². The van der Waals surface area contributed by atoms with Crippen LogP contribution in [0, 0.1) is 0 Å². The molecule has 0 bridgehead atoms. The van der Waals surface area contributed by atoms with Crippen LogP contribution in [0.25, 0.3) is 22.4 Å². The van der Waals surface area contributed by atoms with Crippen LogP contribution in [0.5, 0.6) is 0 Å². The molecule has 1 atom stereocenters. The molecule has 0 radical (unpaired) electrons. The summed E-state index contributed by atoms with van der Waals surface area (Å²) in [6.07, 6.45) is 1.61. The Morgan fingerprint density at radius 2 is 1.86 bits per heavy atom. The van der Waals surface area contributed by atoms with E-state index in [0.717, 1.165) is 16.8 Å². The van der Waals surface area contributed by atoms with Crippen molar-refractivity contribution in [3.05, 3.63) is 70.6 Å². The number of fused-ring (bicyclic) bond motifs is 1. The number of morpholine rings is 1. The second-order valence-corrected chi connectivity index (χ2v) is 10.6. The van der Waals surface area contributed by atoms with Gasteiger partial charge in [-0.15, -0.1) is 0 Å². The first-order valence-corrected chi connectivity index (χ1v) is 14.4. The van der Waals surface area contributed by atoms with E-state index in [2.05, 4.69) is 39.6 Å². The number of aliphatic hydroxyl groups excluding tert-OH is 1. The fourth-order valence-corrected chi connectivity index (χ4v) is 5.34. The molecule has 13 heteroatoms. The van der Waals surface area contributed by atoms with Gasteiger partial charge in [-0.2, -0.15) is 9.97 Å². The fourth-order valence-electron chi connectivity index (χ4n) is 5.34. The van der Waals surface area contributed by atoms with Crippen molar-refractivity contribution < 1.29 is 14.4 Å².